The first kappa shape index (κ1) is 18.4. The number of sulfone groups is 1. The maximum atomic E-state index is 13.7. The molecular formula is C19H21FN2O3S. The number of halogens is 1. The monoisotopic (exact) mass is 376 g/mol. The van der Waals surface area contributed by atoms with Crippen LogP contribution in [0.15, 0.2) is 53.4 Å². The normalized spacial score (nSPS) is 21.1. The minimum atomic E-state index is -3.71. The third-order valence-corrected chi connectivity index (χ3v) is 5.97. The minimum absolute atomic E-state index is 0.0419. The van der Waals surface area contributed by atoms with Gasteiger partial charge in [0.15, 0.2) is 9.84 Å². The molecule has 0 radical (unpaired) electrons. The number of benzene rings is 2. The molecule has 0 aromatic heterocycles. The van der Waals surface area contributed by atoms with Gasteiger partial charge in [0, 0.05) is 23.9 Å². The molecule has 2 atom stereocenters. The molecular weight excluding hydrogens is 355 g/mol. The van der Waals surface area contributed by atoms with E-state index in [0.29, 0.717) is 0 Å². The van der Waals surface area contributed by atoms with E-state index < -0.39 is 26.6 Å². The van der Waals surface area contributed by atoms with E-state index in [-0.39, 0.29) is 23.1 Å². The van der Waals surface area contributed by atoms with Gasteiger partial charge in [-0.15, -0.1) is 0 Å². The van der Waals surface area contributed by atoms with Crippen LogP contribution in [0.5, 0.6) is 0 Å². The highest BCUT2D eigenvalue weighted by Crippen LogP contribution is 2.58. The van der Waals surface area contributed by atoms with Crippen LogP contribution in [0.4, 0.5) is 14.9 Å². The molecule has 2 amide bonds. The lowest BCUT2D eigenvalue weighted by molar-refractivity contribution is 0.250. The molecule has 2 N–H and O–H groups in total. The van der Waals surface area contributed by atoms with E-state index in [1.165, 1.54) is 6.07 Å². The summed E-state index contributed by atoms with van der Waals surface area (Å²) in [6, 6.07) is 12.9. The van der Waals surface area contributed by atoms with Gasteiger partial charge in [-0.25, -0.2) is 17.6 Å². The van der Waals surface area contributed by atoms with Crippen LogP contribution >= 0.6 is 0 Å². The van der Waals surface area contributed by atoms with Crippen molar-refractivity contribution in [2.24, 2.45) is 5.41 Å². The van der Waals surface area contributed by atoms with Gasteiger partial charge >= 0.3 is 6.03 Å². The highest BCUT2D eigenvalue weighted by Gasteiger charge is 2.59. The number of urea groups is 1. The summed E-state index contributed by atoms with van der Waals surface area (Å²) < 4.78 is 36.8. The van der Waals surface area contributed by atoms with Crippen LogP contribution in [-0.2, 0) is 9.84 Å². The van der Waals surface area contributed by atoms with Crippen molar-refractivity contribution in [3.8, 4) is 0 Å². The molecule has 26 heavy (non-hydrogen) atoms. The second kappa shape index (κ2) is 6.39. The lowest BCUT2D eigenvalue weighted by Gasteiger charge is -2.10. The number of anilines is 1. The van der Waals surface area contributed by atoms with Crippen LogP contribution in [0, 0.1) is 11.2 Å². The van der Waals surface area contributed by atoms with E-state index in [4.69, 9.17) is 0 Å². The highest BCUT2D eigenvalue weighted by molar-refractivity contribution is 7.90. The first-order chi connectivity index (χ1) is 12.1. The minimum Gasteiger partial charge on any atom is -0.334 e. The van der Waals surface area contributed by atoms with E-state index in [9.17, 15) is 17.6 Å². The number of hydrogen-bond acceptors (Lipinski definition) is 3. The van der Waals surface area contributed by atoms with Crippen molar-refractivity contribution >= 4 is 21.6 Å². The van der Waals surface area contributed by atoms with E-state index >= 15 is 0 Å². The van der Waals surface area contributed by atoms with Crippen LogP contribution in [0.2, 0.25) is 0 Å². The van der Waals surface area contributed by atoms with Crippen molar-refractivity contribution in [2.45, 2.75) is 30.7 Å². The van der Waals surface area contributed by atoms with Crippen molar-refractivity contribution in [1.29, 1.82) is 0 Å². The van der Waals surface area contributed by atoms with Gasteiger partial charge in [-0.05, 0) is 29.2 Å². The summed E-state index contributed by atoms with van der Waals surface area (Å²) in [5, 5.41) is 5.50. The van der Waals surface area contributed by atoms with E-state index in [0.717, 1.165) is 24.0 Å². The largest absolute Gasteiger partial charge is 0.334 e. The molecule has 7 heteroatoms. The maximum absolute atomic E-state index is 13.7. The Kier molecular flexibility index (Phi) is 4.52. The Morgan fingerprint density at radius 1 is 1.12 bits per heavy atom. The van der Waals surface area contributed by atoms with Crippen LogP contribution in [-0.4, -0.2) is 26.7 Å². The van der Waals surface area contributed by atoms with Gasteiger partial charge < -0.3 is 10.6 Å². The zero-order valence-corrected chi connectivity index (χ0v) is 15.6. The number of amides is 2. The molecule has 0 bridgehead atoms. The first-order valence-electron chi connectivity index (χ1n) is 8.23. The fourth-order valence-electron chi connectivity index (χ4n) is 3.36. The lowest BCUT2D eigenvalue weighted by Crippen LogP contribution is -2.33. The molecule has 0 aliphatic heterocycles. The van der Waals surface area contributed by atoms with Crippen molar-refractivity contribution in [3.05, 3.63) is 59.9 Å². The molecule has 2 aromatic carbocycles. The third-order valence-electron chi connectivity index (χ3n) is 4.86. The molecule has 0 spiro atoms. The summed E-state index contributed by atoms with van der Waals surface area (Å²) >= 11 is 0. The van der Waals surface area contributed by atoms with Crippen LogP contribution < -0.4 is 10.6 Å². The molecule has 3 rings (SSSR count). The van der Waals surface area contributed by atoms with Gasteiger partial charge in [0.1, 0.15) is 10.7 Å². The SMILES string of the molecule is CC1(C)[C@@H](NC(=O)Nc2ccc(F)c(S(C)(=O)=O)c2)[C@@H]1c1ccccc1. The molecule has 0 saturated heterocycles. The van der Waals surface area contributed by atoms with E-state index in [1.807, 2.05) is 30.3 Å². The second-order valence-corrected chi connectivity index (χ2v) is 9.19. The van der Waals surface area contributed by atoms with E-state index in [2.05, 4.69) is 24.5 Å². The average Bonchev–Trinajstić information content (AvgIpc) is 3.09. The van der Waals surface area contributed by atoms with E-state index in [1.54, 1.807) is 0 Å². The summed E-state index contributed by atoms with van der Waals surface area (Å²) in [5.74, 6) is -0.639. The molecule has 1 aliphatic carbocycles. The molecule has 2 aromatic rings. The Balaban J connectivity index is 1.71. The zero-order chi connectivity index (χ0) is 19.1. The van der Waals surface area contributed by atoms with Gasteiger partial charge in [-0.2, -0.15) is 0 Å². The molecule has 0 unspecified atom stereocenters. The smallest absolute Gasteiger partial charge is 0.319 e. The number of hydrogen-bond donors (Lipinski definition) is 2. The van der Waals surface area contributed by atoms with Gasteiger partial charge in [0.25, 0.3) is 0 Å². The number of carbonyl (C=O) groups is 1. The van der Waals surface area contributed by atoms with Gasteiger partial charge in [-0.1, -0.05) is 44.2 Å². The van der Waals surface area contributed by atoms with Crippen LogP contribution in [0.3, 0.4) is 0 Å². The average molecular weight is 376 g/mol. The summed E-state index contributed by atoms with van der Waals surface area (Å²) in [7, 11) is -3.71. The Labute approximate surface area is 152 Å². The molecule has 1 fully saturated rings. The first-order valence-corrected chi connectivity index (χ1v) is 10.1. The molecule has 1 aliphatic rings. The number of carbonyl (C=O) groups excluding carboxylic acids is 1. The Morgan fingerprint density at radius 3 is 2.38 bits per heavy atom. The van der Waals surface area contributed by atoms with Gasteiger partial charge in [0.05, 0.1) is 0 Å². The summed E-state index contributed by atoms with van der Waals surface area (Å²) in [4.78, 5) is 11.9. The number of rotatable bonds is 4. The summed E-state index contributed by atoms with van der Waals surface area (Å²) in [5.41, 5.74) is 1.29. The lowest BCUT2D eigenvalue weighted by atomic mass is 10.0. The third kappa shape index (κ3) is 3.58. The zero-order valence-electron chi connectivity index (χ0n) is 14.8. The van der Waals surface area contributed by atoms with Crippen molar-refractivity contribution in [3.63, 3.8) is 0 Å². The quantitative estimate of drug-likeness (QED) is 0.857. The number of nitrogens with one attached hydrogen (secondary N) is 2. The van der Waals surface area contributed by atoms with Crippen LogP contribution in [0.1, 0.15) is 25.3 Å². The summed E-state index contributed by atoms with van der Waals surface area (Å²) in [6.45, 7) is 4.16. The Bertz CT molecular complexity index is 943. The molecule has 0 heterocycles. The fraction of sp³-hybridized carbons (Fsp3) is 0.316. The highest BCUT2D eigenvalue weighted by atomic mass is 32.2. The van der Waals surface area contributed by atoms with Crippen molar-refractivity contribution in [1.82, 2.24) is 5.32 Å². The Morgan fingerprint density at radius 2 is 1.77 bits per heavy atom. The van der Waals surface area contributed by atoms with Crippen molar-refractivity contribution < 1.29 is 17.6 Å². The summed E-state index contributed by atoms with van der Waals surface area (Å²) in [6.07, 6.45) is 0.923. The predicted molar refractivity (Wildman–Crippen MR) is 98.4 cm³/mol. The van der Waals surface area contributed by atoms with Crippen molar-refractivity contribution in [2.75, 3.05) is 11.6 Å². The van der Waals surface area contributed by atoms with Gasteiger partial charge in [-0.3, -0.25) is 0 Å². The van der Waals surface area contributed by atoms with Crippen LogP contribution in [0.25, 0.3) is 0 Å². The molecule has 138 valence electrons. The standard InChI is InChI=1S/C19H21FN2O3S/c1-19(2)16(12-7-5-4-6-8-12)17(19)22-18(23)21-13-9-10-14(20)15(11-13)26(3,24)25/h4-11,16-17H,1-3H3,(H2,21,22,23)/t16-,17-/m0/s1. The molecule has 1 saturated carbocycles. The van der Waals surface area contributed by atoms with Gasteiger partial charge in [0.2, 0.25) is 0 Å². The predicted octanol–water partition coefficient (Wildman–Crippen LogP) is 3.54. The molecule has 5 nitrogen and oxygen atoms in total. The Hall–Kier alpha value is -2.41. The second-order valence-electron chi connectivity index (χ2n) is 7.20. The topological polar surface area (TPSA) is 75.3 Å². The maximum Gasteiger partial charge on any atom is 0.319 e. The fourth-order valence-corrected chi connectivity index (χ4v) is 4.13.